The smallest absolute Gasteiger partial charge is 0.0647 e. The normalized spacial score (nSPS) is 24.8. The van der Waals surface area contributed by atoms with Gasteiger partial charge >= 0.3 is 0 Å². The van der Waals surface area contributed by atoms with Crippen LogP contribution in [-0.2, 0) is 11.2 Å². The lowest BCUT2D eigenvalue weighted by Gasteiger charge is -2.38. The Morgan fingerprint density at radius 2 is 2.24 bits per heavy atom. The second kappa shape index (κ2) is 5.65. The zero-order chi connectivity index (χ0) is 12.1. The van der Waals surface area contributed by atoms with Gasteiger partial charge in [-0.1, -0.05) is 36.2 Å². The van der Waals surface area contributed by atoms with Gasteiger partial charge in [0.2, 0.25) is 0 Å². The van der Waals surface area contributed by atoms with Crippen LogP contribution in [0.4, 0.5) is 0 Å². The molecular formula is C15H23NO. The third-order valence-electron chi connectivity index (χ3n) is 3.63. The summed E-state index contributed by atoms with van der Waals surface area (Å²) in [5.41, 5.74) is 2.91. The van der Waals surface area contributed by atoms with E-state index >= 15 is 0 Å². The SMILES string of the molecule is COCC1(Cc2cccc(C)c2)CCCCN1. The predicted octanol–water partition coefficient (Wildman–Crippen LogP) is 2.70. The van der Waals surface area contributed by atoms with Gasteiger partial charge in [0.05, 0.1) is 6.61 Å². The maximum atomic E-state index is 5.42. The first-order valence-corrected chi connectivity index (χ1v) is 6.54. The van der Waals surface area contributed by atoms with Crippen molar-refractivity contribution in [3.05, 3.63) is 35.4 Å². The standard InChI is InChI=1S/C15H23NO/c1-13-6-5-7-14(10-13)11-15(12-17-2)8-3-4-9-16-15/h5-7,10,16H,3-4,8-9,11-12H2,1-2H3. The summed E-state index contributed by atoms with van der Waals surface area (Å²) in [6.07, 6.45) is 4.89. The number of hydrogen-bond donors (Lipinski definition) is 1. The fourth-order valence-corrected chi connectivity index (χ4v) is 2.84. The molecule has 1 aromatic rings. The Morgan fingerprint density at radius 1 is 1.35 bits per heavy atom. The van der Waals surface area contributed by atoms with E-state index in [9.17, 15) is 0 Å². The fourth-order valence-electron chi connectivity index (χ4n) is 2.84. The molecule has 2 rings (SSSR count). The van der Waals surface area contributed by atoms with Crippen LogP contribution in [0.25, 0.3) is 0 Å². The Hall–Kier alpha value is -0.860. The molecule has 0 radical (unpaired) electrons. The highest BCUT2D eigenvalue weighted by atomic mass is 16.5. The van der Waals surface area contributed by atoms with Crippen LogP contribution in [0.15, 0.2) is 24.3 Å². The van der Waals surface area contributed by atoms with Gasteiger partial charge in [-0.2, -0.15) is 0 Å². The molecule has 0 amide bonds. The maximum absolute atomic E-state index is 5.42. The van der Waals surface area contributed by atoms with Crippen LogP contribution in [0, 0.1) is 6.92 Å². The molecule has 1 atom stereocenters. The molecule has 1 saturated heterocycles. The zero-order valence-electron chi connectivity index (χ0n) is 11.0. The number of piperidine rings is 1. The molecule has 2 nitrogen and oxygen atoms in total. The van der Waals surface area contributed by atoms with E-state index in [1.807, 2.05) is 0 Å². The maximum Gasteiger partial charge on any atom is 0.0647 e. The lowest BCUT2D eigenvalue weighted by Crippen LogP contribution is -2.53. The highest BCUT2D eigenvalue weighted by Gasteiger charge is 2.31. The molecule has 94 valence electrons. The van der Waals surface area contributed by atoms with E-state index in [2.05, 4.69) is 36.5 Å². The van der Waals surface area contributed by atoms with Crippen LogP contribution in [-0.4, -0.2) is 25.8 Å². The van der Waals surface area contributed by atoms with Crippen LogP contribution in [0.3, 0.4) is 0 Å². The second-order valence-electron chi connectivity index (χ2n) is 5.26. The highest BCUT2D eigenvalue weighted by Crippen LogP contribution is 2.24. The van der Waals surface area contributed by atoms with Gasteiger partial charge in [0.15, 0.2) is 0 Å². The third kappa shape index (κ3) is 3.30. The Bertz CT molecular complexity index is 350. The molecule has 0 aliphatic carbocycles. The zero-order valence-corrected chi connectivity index (χ0v) is 11.0. The number of rotatable bonds is 4. The first kappa shape index (κ1) is 12.6. The molecule has 1 unspecified atom stereocenters. The first-order chi connectivity index (χ1) is 8.24. The number of methoxy groups -OCH3 is 1. The number of hydrogen-bond acceptors (Lipinski definition) is 2. The molecule has 2 heteroatoms. The highest BCUT2D eigenvalue weighted by molar-refractivity contribution is 5.24. The summed E-state index contributed by atoms with van der Waals surface area (Å²) in [6.45, 7) is 4.08. The number of ether oxygens (including phenoxy) is 1. The van der Waals surface area contributed by atoms with Gasteiger partial charge < -0.3 is 10.1 Å². The Kier molecular flexibility index (Phi) is 4.19. The quantitative estimate of drug-likeness (QED) is 0.863. The van der Waals surface area contributed by atoms with Crippen molar-refractivity contribution in [3.63, 3.8) is 0 Å². The van der Waals surface area contributed by atoms with Crippen molar-refractivity contribution >= 4 is 0 Å². The Morgan fingerprint density at radius 3 is 2.88 bits per heavy atom. The summed E-state index contributed by atoms with van der Waals surface area (Å²) < 4.78 is 5.42. The molecule has 0 aromatic heterocycles. The van der Waals surface area contributed by atoms with Crippen molar-refractivity contribution in [2.75, 3.05) is 20.3 Å². The van der Waals surface area contributed by atoms with Crippen LogP contribution in [0.2, 0.25) is 0 Å². The Balaban J connectivity index is 2.11. The molecule has 1 aliphatic rings. The topological polar surface area (TPSA) is 21.3 Å². The van der Waals surface area contributed by atoms with E-state index in [1.165, 1.54) is 30.4 Å². The molecule has 1 aromatic carbocycles. The van der Waals surface area contributed by atoms with Crippen LogP contribution in [0.1, 0.15) is 30.4 Å². The van der Waals surface area contributed by atoms with Crippen LogP contribution < -0.4 is 5.32 Å². The number of aryl methyl sites for hydroxylation is 1. The largest absolute Gasteiger partial charge is 0.383 e. The van der Waals surface area contributed by atoms with Crippen LogP contribution >= 0.6 is 0 Å². The summed E-state index contributed by atoms with van der Waals surface area (Å²) in [5, 5.41) is 3.68. The van der Waals surface area contributed by atoms with E-state index in [-0.39, 0.29) is 5.54 Å². The lowest BCUT2D eigenvalue weighted by atomic mass is 9.83. The summed E-state index contributed by atoms with van der Waals surface area (Å²) >= 11 is 0. The average Bonchev–Trinajstić information content (AvgIpc) is 2.30. The second-order valence-corrected chi connectivity index (χ2v) is 5.26. The third-order valence-corrected chi connectivity index (χ3v) is 3.63. The first-order valence-electron chi connectivity index (χ1n) is 6.54. The molecule has 0 spiro atoms. The summed E-state index contributed by atoms with van der Waals surface area (Å²) in [7, 11) is 1.80. The average molecular weight is 233 g/mol. The molecule has 0 saturated carbocycles. The molecule has 17 heavy (non-hydrogen) atoms. The summed E-state index contributed by atoms with van der Waals surface area (Å²) in [5.74, 6) is 0. The van der Waals surface area contributed by atoms with E-state index in [1.54, 1.807) is 7.11 Å². The van der Waals surface area contributed by atoms with Gasteiger partial charge in [0.1, 0.15) is 0 Å². The minimum atomic E-state index is 0.154. The van der Waals surface area contributed by atoms with Gasteiger partial charge in [0.25, 0.3) is 0 Å². The van der Waals surface area contributed by atoms with Gasteiger partial charge in [-0.25, -0.2) is 0 Å². The van der Waals surface area contributed by atoms with Gasteiger partial charge in [-0.3, -0.25) is 0 Å². The lowest BCUT2D eigenvalue weighted by molar-refractivity contribution is 0.0894. The van der Waals surface area contributed by atoms with Crippen molar-refractivity contribution < 1.29 is 4.74 Å². The van der Waals surface area contributed by atoms with E-state index in [0.717, 1.165) is 19.6 Å². The van der Waals surface area contributed by atoms with Crippen molar-refractivity contribution in [1.82, 2.24) is 5.32 Å². The molecule has 1 aliphatic heterocycles. The predicted molar refractivity (Wildman–Crippen MR) is 71.3 cm³/mol. The molecule has 1 fully saturated rings. The van der Waals surface area contributed by atoms with Crippen molar-refractivity contribution in [2.24, 2.45) is 0 Å². The van der Waals surface area contributed by atoms with Gasteiger partial charge in [0, 0.05) is 12.6 Å². The Labute approximate surface area is 104 Å². The number of nitrogens with one attached hydrogen (secondary N) is 1. The minimum Gasteiger partial charge on any atom is -0.383 e. The fraction of sp³-hybridized carbons (Fsp3) is 0.600. The van der Waals surface area contributed by atoms with Gasteiger partial charge in [-0.15, -0.1) is 0 Å². The van der Waals surface area contributed by atoms with E-state index < -0.39 is 0 Å². The molecule has 1 heterocycles. The summed E-state index contributed by atoms with van der Waals surface area (Å²) in [6, 6.07) is 8.81. The molecule has 0 bridgehead atoms. The van der Waals surface area contributed by atoms with Crippen molar-refractivity contribution in [2.45, 2.75) is 38.1 Å². The van der Waals surface area contributed by atoms with Crippen LogP contribution in [0.5, 0.6) is 0 Å². The molecule has 1 N–H and O–H groups in total. The van der Waals surface area contributed by atoms with E-state index in [4.69, 9.17) is 4.74 Å². The van der Waals surface area contributed by atoms with Gasteiger partial charge in [-0.05, 0) is 38.3 Å². The monoisotopic (exact) mass is 233 g/mol. The van der Waals surface area contributed by atoms with E-state index in [0.29, 0.717) is 0 Å². The molecular weight excluding hydrogens is 210 g/mol. The van der Waals surface area contributed by atoms with Crippen molar-refractivity contribution in [1.29, 1.82) is 0 Å². The minimum absolute atomic E-state index is 0.154. The summed E-state index contributed by atoms with van der Waals surface area (Å²) in [4.78, 5) is 0. The number of benzene rings is 1. The van der Waals surface area contributed by atoms with Crippen molar-refractivity contribution in [3.8, 4) is 0 Å².